The molecule has 1 aliphatic rings. The first kappa shape index (κ1) is 10.7. The highest BCUT2D eigenvalue weighted by Crippen LogP contribution is 2.45. The molecule has 0 aromatic heterocycles. The molecule has 2 rings (SSSR count). The number of aliphatic hydroxyl groups is 1. The molecule has 1 nitrogen and oxygen atoms in total. The van der Waals surface area contributed by atoms with Gasteiger partial charge in [0.05, 0.1) is 6.10 Å². The molecule has 0 bridgehead atoms. The van der Waals surface area contributed by atoms with Gasteiger partial charge >= 0.3 is 0 Å². The number of hydrogen-bond acceptors (Lipinski definition) is 1. The van der Waals surface area contributed by atoms with Crippen LogP contribution in [0.5, 0.6) is 0 Å². The number of aliphatic hydroxyl groups excluding tert-OH is 1. The molecular formula is C14H20O. The minimum absolute atomic E-state index is 0.0888. The van der Waals surface area contributed by atoms with E-state index in [2.05, 4.69) is 52.0 Å². The van der Waals surface area contributed by atoms with Crippen molar-refractivity contribution in [3.8, 4) is 0 Å². The molecule has 0 saturated carbocycles. The smallest absolute Gasteiger partial charge is 0.0639 e. The fourth-order valence-corrected chi connectivity index (χ4v) is 2.66. The van der Waals surface area contributed by atoms with Crippen LogP contribution in [0, 0.1) is 0 Å². The van der Waals surface area contributed by atoms with E-state index in [-0.39, 0.29) is 16.9 Å². The Balaban J connectivity index is 2.64. The van der Waals surface area contributed by atoms with Crippen molar-refractivity contribution in [1.82, 2.24) is 0 Å². The summed E-state index contributed by atoms with van der Waals surface area (Å²) in [5.74, 6) is 0. The molecule has 1 N–H and O–H groups in total. The van der Waals surface area contributed by atoms with E-state index in [1.807, 2.05) is 0 Å². The van der Waals surface area contributed by atoms with Gasteiger partial charge in [0.15, 0.2) is 0 Å². The van der Waals surface area contributed by atoms with E-state index < -0.39 is 0 Å². The summed E-state index contributed by atoms with van der Waals surface area (Å²) in [4.78, 5) is 0. The Hall–Kier alpha value is -0.820. The summed E-state index contributed by atoms with van der Waals surface area (Å²) >= 11 is 0. The lowest BCUT2D eigenvalue weighted by atomic mass is 9.61. The molecule has 82 valence electrons. The molecule has 1 atom stereocenters. The predicted molar refractivity (Wildman–Crippen MR) is 63.1 cm³/mol. The molecule has 1 aromatic carbocycles. The molecule has 0 saturated heterocycles. The summed E-state index contributed by atoms with van der Waals surface area (Å²) in [6, 6.07) is 8.51. The highest BCUT2D eigenvalue weighted by molar-refractivity contribution is 5.42. The van der Waals surface area contributed by atoms with Crippen LogP contribution >= 0.6 is 0 Å². The molecule has 0 amide bonds. The fraction of sp³-hybridized carbons (Fsp3) is 0.571. The molecule has 0 fully saturated rings. The molecule has 1 aliphatic carbocycles. The van der Waals surface area contributed by atoms with Gasteiger partial charge in [-0.25, -0.2) is 0 Å². The highest BCUT2D eigenvalue weighted by Gasteiger charge is 2.42. The van der Waals surface area contributed by atoms with E-state index in [9.17, 15) is 5.11 Å². The van der Waals surface area contributed by atoms with Gasteiger partial charge in [-0.1, -0.05) is 52.0 Å². The largest absolute Gasteiger partial charge is 0.392 e. The quantitative estimate of drug-likeness (QED) is 0.688. The number of rotatable bonds is 0. The standard InChI is InChI=1S/C14H20O/c1-13(2)9-12(15)14(3,4)11-8-6-5-7-10(11)13/h5-8,12,15H,9H2,1-4H3. The normalized spacial score (nSPS) is 27.1. The van der Waals surface area contributed by atoms with Gasteiger partial charge in [-0.15, -0.1) is 0 Å². The van der Waals surface area contributed by atoms with Gasteiger partial charge in [-0.2, -0.15) is 0 Å². The Morgan fingerprint density at radius 2 is 1.60 bits per heavy atom. The average molecular weight is 204 g/mol. The Kier molecular flexibility index (Phi) is 2.20. The Morgan fingerprint density at radius 1 is 1.07 bits per heavy atom. The Bertz CT molecular complexity index is 377. The molecule has 0 spiro atoms. The third-order valence-corrected chi connectivity index (χ3v) is 3.89. The number of benzene rings is 1. The van der Waals surface area contributed by atoms with Crippen LogP contribution in [0.15, 0.2) is 24.3 Å². The first-order valence-electron chi connectivity index (χ1n) is 5.64. The summed E-state index contributed by atoms with van der Waals surface area (Å²) in [7, 11) is 0. The van der Waals surface area contributed by atoms with Gasteiger partial charge in [0.2, 0.25) is 0 Å². The zero-order valence-electron chi connectivity index (χ0n) is 10.0. The first-order chi connectivity index (χ1) is 6.86. The van der Waals surface area contributed by atoms with Crippen LogP contribution in [0.1, 0.15) is 45.2 Å². The van der Waals surface area contributed by atoms with Crippen molar-refractivity contribution in [3.05, 3.63) is 35.4 Å². The van der Waals surface area contributed by atoms with Crippen LogP contribution in [0.3, 0.4) is 0 Å². The summed E-state index contributed by atoms with van der Waals surface area (Å²) in [6.07, 6.45) is 0.596. The van der Waals surface area contributed by atoms with Crippen molar-refractivity contribution < 1.29 is 5.11 Å². The van der Waals surface area contributed by atoms with Crippen molar-refractivity contribution in [2.24, 2.45) is 0 Å². The zero-order valence-corrected chi connectivity index (χ0v) is 10.0. The van der Waals surface area contributed by atoms with Crippen LogP contribution in [-0.2, 0) is 10.8 Å². The minimum atomic E-state index is -0.248. The maximum absolute atomic E-state index is 10.2. The van der Waals surface area contributed by atoms with Crippen LogP contribution in [0.2, 0.25) is 0 Å². The van der Waals surface area contributed by atoms with Crippen LogP contribution < -0.4 is 0 Å². The molecule has 1 aromatic rings. The van der Waals surface area contributed by atoms with Crippen LogP contribution in [0.25, 0.3) is 0 Å². The zero-order chi connectivity index (χ0) is 11.3. The topological polar surface area (TPSA) is 20.2 Å². The number of fused-ring (bicyclic) bond motifs is 1. The molecule has 0 heterocycles. The first-order valence-corrected chi connectivity index (χ1v) is 5.64. The van der Waals surface area contributed by atoms with Crippen molar-refractivity contribution in [2.75, 3.05) is 0 Å². The fourth-order valence-electron chi connectivity index (χ4n) is 2.66. The third kappa shape index (κ3) is 1.50. The van der Waals surface area contributed by atoms with Gasteiger partial charge in [0.25, 0.3) is 0 Å². The molecular weight excluding hydrogens is 184 g/mol. The van der Waals surface area contributed by atoms with Crippen molar-refractivity contribution >= 4 is 0 Å². The monoisotopic (exact) mass is 204 g/mol. The molecule has 15 heavy (non-hydrogen) atoms. The van der Waals surface area contributed by atoms with Gasteiger partial charge in [-0.3, -0.25) is 0 Å². The SMILES string of the molecule is CC1(C)CC(O)C(C)(C)c2ccccc21. The van der Waals surface area contributed by atoms with Crippen molar-refractivity contribution in [1.29, 1.82) is 0 Å². The van der Waals surface area contributed by atoms with E-state index in [4.69, 9.17) is 0 Å². The Labute approximate surface area is 92.1 Å². The molecule has 0 aliphatic heterocycles. The van der Waals surface area contributed by atoms with Gasteiger partial charge < -0.3 is 5.11 Å². The van der Waals surface area contributed by atoms with Crippen molar-refractivity contribution in [2.45, 2.75) is 51.0 Å². The van der Waals surface area contributed by atoms with Crippen molar-refractivity contribution in [3.63, 3.8) is 0 Å². The lowest BCUT2D eigenvalue weighted by Crippen LogP contribution is -2.45. The van der Waals surface area contributed by atoms with Crippen LogP contribution in [-0.4, -0.2) is 11.2 Å². The lowest BCUT2D eigenvalue weighted by molar-refractivity contribution is 0.0583. The lowest BCUT2D eigenvalue weighted by Gasteiger charge is -2.45. The maximum atomic E-state index is 10.2. The Morgan fingerprint density at radius 3 is 2.20 bits per heavy atom. The average Bonchev–Trinajstić information content (AvgIpc) is 2.15. The van der Waals surface area contributed by atoms with Crippen LogP contribution in [0.4, 0.5) is 0 Å². The second-order valence-electron chi connectivity index (χ2n) is 5.87. The molecule has 1 heteroatoms. The summed E-state index contributed by atoms with van der Waals surface area (Å²) < 4.78 is 0. The number of hydrogen-bond donors (Lipinski definition) is 1. The van der Waals surface area contributed by atoms with E-state index in [0.29, 0.717) is 0 Å². The summed E-state index contributed by atoms with van der Waals surface area (Å²) in [6.45, 7) is 8.69. The third-order valence-electron chi connectivity index (χ3n) is 3.89. The van der Waals surface area contributed by atoms with Gasteiger partial charge in [0.1, 0.15) is 0 Å². The second kappa shape index (κ2) is 3.08. The van der Waals surface area contributed by atoms with Gasteiger partial charge in [0, 0.05) is 5.41 Å². The van der Waals surface area contributed by atoms with E-state index in [1.54, 1.807) is 0 Å². The summed E-state index contributed by atoms with van der Waals surface area (Å²) in [5, 5.41) is 10.2. The predicted octanol–water partition coefficient (Wildman–Crippen LogP) is 3.01. The highest BCUT2D eigenvalue weighted by atomic mass is 16.3. The minimum Gasteiger partial charge on any atom is -0.392 e. The second-order valence-corrected chi connectivity index (χ2v) is 5.87. The molecule has 1 unspecified atom stereocenters. The summed E-state index contributed by atoms with van der Waals surface area (Å²) in [5.41, 5.74) is 2.66. The molecule has 0 radical (unpaired) electrons. The van der Waals surface area contributed by atoms with E-state index in [1.165, 1.54) is 11.1 Å². The van der Waals surface area contributed by atoms with E-state index in [0.717, 1.165) is 6.42 Å². The van der Waals surface area contributed by atoms with Gasteiger partial charge in [-0.05, 0) is 23.0 Å². The maximum Gasteiger partial charge on any atom is 0.0639 e. The van der Waals surface area contributed by atoms with E-state index >= 15 is 0 Å².